The van der Waals surface area contributed by atoms with Crippen molar-refractivity contribution >= 4 is 19.0 Å². The Bertz CT molecular complexity index is 797. The van der Waals surface area contributed by atoms with Gasteiger partial charge < -0.3 is 14.4 Å². The average Bonchev–Trinajstić information content (AvgIpc) is 2.59. The van der Waals surface area contributed by atoms with Crippen molar-refractivity contribution in [3.05, 3.63) is 70.3 Å². The topological polar surface area (TPSA) is 90.7 Å². The standard InChI is InChI=1S/C19H25N2O5P/c1-14(2)25-27(24,26-15(3)4)19(20-17-10-6-5-7-11-17)16-9-8-12-18(13-16)21(22)23/h5-15,19-20H,1-4H3/t19-/m0/s1. The summed E-state index contributed by atoms with van der Waals surface area (Å²) < 4.78 is 25.2. The predicted molar refractivity (Wildman–Crippen MR) is 106 cm³/mol. The van der Waals surface area contributed by atoms with E-state index in [9.17, 15) is 14.7 Å². The fraction of sp³-hybridized carbons (Fsp3) is 0.368. The van der Waals surface area contributed by atoms with Crippen LogP contribution in [0.1, 0.15) is 39.0 Å². The number of nitro groups is 1. The van der Waals surface area contributed by atoms with E-state index in [4.69, 9.17) is 9.05 Å². The van der Waals surface area contributed by atoms with E-state index in [1.807, 2.05) is 30.3 Å². The number of benzene rings is 2. The molecule has 1 atom stereocenters. The highest BCUT2D eigenvalue weighted by Gasteiger charge is 2.40. The molecule has 0 radical (unpaired) electrons. The molecule has 0 bridgehead atoms. The third-order valence-electron chi connectivity index (χ3n) is 3.51. The van der Waals surface area contributed by atoms with Crippen LogP contribution in [0.15, 0.2) is 54.6 Å². The van der Waals surface area contributed by atoms with Crippen LogP contribution in [0.2, 0.25) is 0 Å². The van der Waals surface area contributed by atoms with E-state index in [1.165, 1.54) is 12.1 Å². The SMILES string of the molecule is CC(C)OP(=O)(OC(C)C)[C@H](Nc1ccccc1)c1cccc([N+](=O)[O-])c1. The molecular weight excluding hydrogens is 367 g/mol. The second kappa shape index (κ2) is 9.13. The van der Waals surface area contributed by atoms with Gasteiger partial charge in [0, 0.05) is 17.8 Å². The first-order valence-corrected chi connectivity index (χ1v) is 10.3. The largest absolute Gasteiger partial charge is 0.368 e. The van der Waals surface area contributed by atoms with E-state index in [-0.39, 0.29) is 17.9 Å². The Morgan fingerprint density at radius 1 is 0.963 bits per heavy atom. The normalized spacial score (nSPS) is 13.0. The van der Waals surface area contributed by atoms with Crippen molar-refractivity contribution in [3.63, 3.8) is 0 Å². The number of nitro benzene ring substituents is 1. The van der Waals surface area contributed by atoms with Gasteiger partial charge in [0.05, 0.1) is 17.1 Å². The van der Waals surface area contributed by atoms with Crippen LogP contribution < -0.4 is 5.32 Å². The molecule has 2 rings (SSSR count). The van der Waals surface area contributed by atoms with Gasteiger partial charge in [0.25, 0.3) is 5.69 Å². The third kappa shape index (κ3) is 5.89. The van der Waals surface area contributed by atoms with Crippen LogP contribution in [0, 0.1) is 10.1 Å². The zero-order valence-electron chi connectivity index (χ0n) is 15.9. The summed E-state index contributed by atoms with van der Waals surface area (Å²) in [5, 5.41) is 14.4. The molecule has 0 saturated heterocycles. The molecule has 0 spiro atoms. The van der Waals surface area contributed by atoms with Gasteiger partial charge in [0.1, 0.15) is 0 Å². The lowest BCUT2D eigenvalue weighted by Crippen LogP contribution is -2.19. The predicted octanol–water partition coefficient (Wildman–Crippen LogP) is 5.75. The van der Waals surface area contributed by atoms with Crippen molar-refractivity contribution in [2.45, 2.75) is 45.7 Å². The van der Waals surface area contributed by atoms with Crippen LogP contribution in [0.5, 0.6) is 0 Å². The molecule has 0 heterocycles. The maximum Gasteiger partial charge on any atom is 0.357 e. The second-order valence-corrected chi connectivity index (χ2v) is 8.63. The summed E-state index contributed by atoms with van der Waals surface area (Å²) in [5.41, 5.74) is 1.07. The molecule has 2 aromatic rings. The molecule has 146 valence electrons. The first-order valence-electron chi connectivity index (χ1n) is 8.73. The van der Waals surface area contributed by atoms with Crippen LogP contribution in [0.3, 0.4) is 0 Å². The highest BCUT2D eigenvalue weighted by atomic mass is 31.2. The third-order valence-corrected chi connectivity index (χ3v) is 6.00. The van der Waals surface area contributed by atoms with Crippen LogP contribution in [0.4, 0.5) is 11.4 Å². The van der Waals surface area contributed by atoms with E-state index < -0.39 is 18.3 Å². The molecule has 0 aliphatic carbocycles. The maximum atomic E-state index is 13.7. The number of hydrogen-bond acceptors (Lipinski definition) is 6. The monoisotopic (exact) mass is 392 g/mol. The lowest BCUT2D eigenvalue weighted by atomic mass is 10.2. The molecule has 2 aromatic carbocycles. The molecule has 0 aliphatic rings. The van der Waals surface area contributed by atoms with Crippen LogP contribution in [-0.2, 0) is 13.6 Å². The Morgan fingerprint density at radius 3 is 2.07 bits per heavy atom. The highest BCUT2D eigenvalue weighted by Crippen LogP contribution is 2.62. The van der Waals surface area contributed by atoms with E-state index >= 15 is 0 Å². The molecule has 1 N–H and O–H groups in total. The van der Waals surface area contributed by atoms with Gasteiger partial charge >= 0.3 is 7.60 Å². The first-order chi connectivity index (χ1) is 12.7. The van der Waals surface area contributed by atoms with Gasteiger partial charge in [0.2, 0.25) is 0 Å². The molecule has 0 saturated carbocycles. The average molecular weight is 392 g/mol. The summed E-state index contributed by atoms with van der Waals surface area (Å²) in [6, 6.07) is 15.2. The lowest BCUT2D eigenvalue weighted by molar-refractivity contribution is -0.384. The number of nitrogens with one attached hydrogen (secondary N) is 1. The van der Waals surface area contributed by atoms with E-state index in [0.717, 1.165) is 0 Å². The number of rotatable bonds is 9. The molecule has 27 heavy (non-hydrogen) atoms. The first kappa shape index (κ1) is 21.1. The second-order valence-electron chi connectivity index (χ2n) is 6.61. The van der Waals surface area contributed by atoms with Gasteiger partial charge in [-0.05, 0) is 45.4 Å². The molecule has 0 fully saturated rings. The Kier molecular flexibility index (Phi) is 7.13. The van der Waals surface area contributed by atoms with Crippen molar-refractivity contribution < 1.29 is 18.5 Å². The maximum absolute atomic E-state index is 13.7. The Labute approximate surface area is 159 Å². The molecule has 0 amide bonds. The zero-order chi connectivity index (χ0) is 20.0. The number of para-hydroxylation sites is 1. The van der Waals surface area contributed by atoms with E-state index in [0.29, 0.717) is 11.3 Å². The molecule has 0 unspecified atom stereocenters. The molecule has 8 heteroatoms. The number of anilines is 1. The number of hydrogen-bond donors (Lipinski definition) is 1. The van der Waals surface area contributed by atoms with Crippen LogP contribution in [0.25, 0.3) is 0 Å². The summed E-state index contributed by atoms with van der Waals surface area (Å²) in [7, 11) is -3.71. The van der Waals surface area contributed by atoms with Crippen molar-refractivity contribution in [1.82, 2.24) is 0 Å². The molecule has 7 nitrogen and oxygen atoms in total. The lowest BCUT2D eigenvalue weighted by Gasteiger charge is -2.31. The highest BCUT2D eigenvalue weighted by molar-refractivity contribution is 7.54. The summed E-state index contributed by atoms with van der Waals surface area (Å²) in [6.45, 7) is 7.07. The number of non-ortho nitro benzene ring substituents is 1. The van der Waals surface area contributed by atoms with Crippen molar-refractivity contribution in [1.29, 1.82) is 0 Å². The zero-order valence-corrected chi connectivity index (χ0v) is 16.8. The fourth-order valence-corrected chi connectivity index (χ4v) is 4.88. The van der Waals surface area contributed by atoms with Gasteiger partial charge in [-0.3, -0.25) is 14.7 Å². The molecule has 0 aromatic heterocycles. The van der Waals surface area contributed by atoms with Gasteiger partial charge in [-0.1, -0.05) is 30.3 Å². The van der Waals surface area contributed by atoms with Crippen LogP contribution in [-0.4, -0.2) is 17.1 Å². The minimum absolute atomic E-state index is 0.0898. The Hall–Kier alpha value is -2.21. The van der Waals surface area contributed by atoms with Crippen molar-refractivity contribution in [2.24, 2.45) is 0 Å². The van der Waals surface area contributed by atoms with E-state index in [2.05, 4.69) is 5.32 Å². The van der Waals surface area contributed by atoms with Crippen molar-refractivity contribution in [2.75, 3.05) is 5.32 Å². The minimum Gasteiger partial charge on any atom is -0.368 e. The van der Waals surface area contributed by atoms with Crippen molar-refractivity contribution in [3.8, 4) is 0 Å². The van der Waals surface area contributed by atoms with Gasteiger partial charge in [-0.15, -0.1) is 0 Å². The number of nitrogens with zero attached hydrogens (tertiary/aromatic N) is 1. The fourth-order valence-electron chi connectivity index (χ4n) is 2.58. The summed E-state index contributed by atoms with van der Waals surface area (Å²) in [4.78, 5) is 10.7. The van der Waals surface area contributed by atoms with Gasteiger partial charge in [-0.25, -0.2) is 0 Å². The van der Waals surface area contributed by atoms with E-state index in [1.54, 1.807) is 39.8 Å². The quantitative estimate of drug-likeness (QED) is 0.332. The summed E-state index contributed by atoms with van der Waals surface area (Å²) in [6.07, 6.45) is -0.707. The minimum atomic E-state index is -3.71. The molecular formula is C19H25N2O5P. The smallest absolute Gasteiger partial charge is 0.357 e. The van der Waals surface area contributed by atoms with Crippen LogP contribution >= 0.6 is 7.60 Å². The Morgan fingerprint density at radius 2 is 1.56 bits per heavy atom. The summed E-state index contributed by atoms with van der Waals surface area (Å²) in [5.74, 6) is -0.899. The molecule has 0 aliphatic heterocycles. The van der Waals surface area contributed by atoms with Gasteiger partial charge in [0.15, 0.2) is 5.78 Å². The summed E-state index contributed by atoms with van der Waals surface area (Å²) >= 11 is 0. The van der Waals surface area contributed by atoms with Gasteiger partial charge in [-0.2, -0.15) is 0 Å². The Balaban J connectivity index is 2.54.